The van der Waals surface area contributed by atoms with Crippen LogP contribution in [0.25, 0.3) is 0 Å². The van der Waals surface area contributed by atoms with Crippen LogP contribution in [0.2, 0.25) is 0 Å². The largest absolute Gasteiger partial charge is 0.341 e. The first-order valence-corrected chi connectivity index (χ1v) is 7.99. The van der Waals surface area contributed by atoms with Crippen LogP contribution in [0, 0.1) is 5.41 Å². The van der Waals surface area contributed by atoms with Crippen molar-refractivity contribution in [1.29, 1.82) is 0 Å². The molecule has 0 bridgehead atoms. The molecule has 1 fully saturated rings. The molecule has 0 spiro atoms. The molecule has 0 aromatic heterocycles. The first-order chi connectivity index (χ1) is 8.98. The summed E-state index contributed by atoms with van der Waals surface area (Å²) in [5, 5.41) is 3.59. The van der Waals surface area contributed by atoms with Crippen molar-refractivity contribution in [3.05, 3.63) is 0 Å². The molecule has 0 aliphatic carbocycles. The van der Waals surface area contributed by atoms with Gasteiger partial charge in [-0.15, -0.1) is 0 Å². The second-order valence-corrected chi connectivity index (χ2v) is 6.69. The Labute approximate surface area is 119 Å². The fourth-order valence-corrected chi connectivity index (χ4v) is 2.70. The summed E-state index contributed by atoms with van der Waals surface area (Å²) in [5.74, 6) is 0.352. The molecule has 1 unspecified atom stereocenters. The average molecular weight is 268 g/mol. The summed E-state index contributed by atoms with van der Waals surface area (Å²) in [5.41, 5.74) is 0.321. The van der Waals surface area contributed by atoms with E-state index in [1.54, 1.807) is 0 Å². The molecule has 1 saturated heterocycles. The van der Waals surface area contributed by atoms with Gasteiger partial charge in [0.2, 0.25) is 5.91 Å². The van der Waals surface area contributed by atoms with E-state index >= 15 is 0 Å². The van der Waals surface area contributed by atoms with Gasteiger partial charge in [-0.05, 0) is 37.6 Å². The van der Waals surface area contributed by atoms with Gasteiger partial charge < -0.3 is 10.2 Å². The Morgan fingerprint density at radius 3 is 2.63 bits per heavy atom. The highest BCUT2D eigenvalue weighted by atomic mass is 16.2. The van der Waals surface area contributed by atoms with Crippen molar-refractivity contribution in [1.82, 2.24) is 10.2 Å². The van der Waals surface area contributed by atoms with E-state index in [0.29, 0.717) is 17.4 Å². The van der Waals surface area contributed by atoms with Gasteiger partial charge in [-0.1, -0.05) is 34.1 Å². The number of nitrogens with one attached hydrogen (secondary N) is 1. The zero-order chi connectivity index (χ0) is 14.3. The molecule has 3 heteroatoms. The van der Waals surface area contributed by atoms with Crippen LogP contribution in [0.15, 0.2) is 0 Å². The van der Waals surface area contributed by atoms with Crippen molar-refractivity contribution in [2.45, 2.75) is 72.3 Å². The topological polar surface area (TPSA) is 32.3 Å². The monoisotopic (exact) mass is 268 g/mol. The van der Waals surface area contributed by atoms with Gasteiger partial charge >= 0.3 is 0 Å². The van der Waals surface area contributed by atoms with Crippen molar-refractivity contribution < 1.29 is 4.79 Å². The zero-order valence-electron chi connectivity index (χ0n) is 13.3. The van der Waals surface area contributed by atoms with Crippen molar-refractivity contribution in [2.24, 2.45) is 5.41 Å². The van der Waals surface area contributed by atoms with E-state index < -0.39 is 0 Å². The number of amides is 1. The molecule has 1 aliphatic heterocycles. The molecule has 1 atom stereocenters. The van der Waals surface area contributed by atoms with Crippen LogP contribution >= 0.6 is 0 Å². The Morgan fingerprint density at radius 2 is 2.00 bits per heavy atom. The van der Waals surface area contributed by atoms with Gasteiger partial charge in [-0.3, -0.25) is 4.79 Å². The maximum atomic E-state index is 12.2. The maximum absolute atomic E-state index is 12.2. The summed E-state index contributed by atoms with van der Waals surface area (Å²) in [4.78, 5) is 14.3. The van der Waals surface area contributed by atoms with Crippen LogP contribution in [0.4, 0.5) is 0 Å². The van der Waals surface area contributed by atoms with E-state index in [-0.39, 0.29) is 0 Å². The molecular weight excluding hydrogens is 236 g/mol. The minimum Gasteiger partial charge on any atom is -0.341 e. The fourth-order valence-electron chi connectivity index (χ4n) is 2.70. The lowest BCUT2D eigenvalue weighted by atomic mass is 9.85. The van der Waals surface area contributed by atoms with E-state index in [2.05, 4.69) is 37.9 Å². The van der Waals surface area contributed by atoms with E-state index in [0.717, 1.165) is 51.7 Å². The third-order valence-corrected chi connectivity index (χ3v) is 4.19. The molecule has 1 rings (SSSR count). The van der Waals surface area contributed by atoms with Crippen molar-refractivity contribution in [2.75, 3.05) is 19.6 Å². The predicted octanol–water partition coefficient (Wildman–Crippen LogP) is 3.19. The van der Waals surface area contributed by atoms with Crippen LogP contribution < -0.4 is 5.32 Å². The van der Waals surface area contributed by atoms with E-state index in [9.17, 15) is 4.79 Å². The van der Waals surface area contributed by atoms with Crippen LogP contribution in [0.1, 0.15) is 66.2 Å². The molecule has 1 N–H and O–H groups in total. The Bertz CT molecular complexity index is 276. The Morgan fingerprint density at radius 1 is 1.26 bits per heavy atom. The van der Waals surface area contributed by atoms with Crippen molar-refractivity contribution in [3.63, 3.8) is 0 Å². The molecule has 0 aromatic carbocycles. The zero-order valence-corrected chi connectivity index (χ0v) is 13.3. The SMILES string of the molecule is CCCNC(CCC)CN1CCC(C)(C)CCC1=O. The summed E-state index contributed by atoms with van der Waals surface area (Å²) in [6.45, 7) is 11.8. The second kappa shape index (κ2) is 7.88. The molecule has 0 saturated carbocycles. The minimum atomic E-state index is 0.321. The van der Waals surface area contributed by atoms with Gasteiger partial charge in [0.15, 0.2) is 0 Å². The summed E-state index contributed by atoms with van der Waals surface area (Å²) in [7, 11) is 0. The molecule has 1 amide bonds. The second-order valence-electron chi connectivity index (χ2n) is 6.69. The predicted molar refractivity (Wildman–Crippen MR) is 81.2 cm³/mol. The number of likely N-dealkylation sites (tertiary alicyclic amines) is 1. The van der Waals surface area contributed by atoms with Crippen LogP contribution in [0.3, 0.4) is 0 Å². The van der Waals surface area contributed by atoms with Crippen LogP contribution in [-0.2, 0) is 4.79 Å². The molecule has 112 valence electrons. The van der Waals surface area contributed by atoms with Gasteiger partial charge in [0, 0.05) is 25.6 Å². The molecule has 1 aliphatic rings. The number of rotatable bonds is 7. The van der Waals surface area contributed by atoms with E-state index in [1.807, 2.05) is 0 Å². The first kappa shape index (κ1) is 16.5. The highest BCUT2D eigenvalue weighted by Gasteiger charge is 2.28. The number of hydrogen-bond donors (Lipinski definition) is 1. The van der Waals surface area contributed by atoms with Crippen LogP contribution in [0.5, 0.6) is 0 Å². The standard InChI is InChI=1S/C16H32N2O/c1-5-7-14(17-11-6-2)13-18-12-10-16(3,4)9-8-15(18)19/h14,17H,5-13H2,1-4H3. The van der Waals surface area contributed by atoms with Crippen molar-refractivity contribution >= 4 is 5.91 Å². The Hall–Kier alpha value is -0.570. The van der Waals surface area contributed by atoms with Gasteiger partial charge in [-0.2, -0.15) is 0 Å². The summed E-state index contributed by atoms with van der Waals surface area (Å²) < 4.78 is 0. The average Bonchev–Trinajstić information content (AvgIpc) is 2.49. The van der Waals surface area contributed by atoms with E-state index in [4.69, 9.17) is 0 Å². The number of carbonyl (C=O) groups is 1. The number of carbonyl (C=O) groups excluding carboxylic acids is 1. The molecule has 0 aromatic rings. The lowest BCUT2D eigenvalue weighted by molar-refractivity contribution is -0.131. The van der Waals surface area contributed by atoms with Gasteiger partial charge in [0.25, 0.3) is 0 Å². The molecule has 19 heavy (non-hydrogen) atoms. The Balaban J connectivity index is 2.53. The number of hydrogen-bond acceptors (Lipinski definition) is 2. The summed E-state index contributed by atoms with van der Waals surface area (Å²) >= 11 is 0. The van der Waals surface area contributed by atoms with E-state index in [1.165, 1.54) is 6.42 Å². The van der Waals surface area contributed by atoms with Crippen LogP contribution in [-0.4, -0.2) is 36.5 Å². The lowest BCUT2D eigenvalue weighted by Crippen LogP contribution is -2.44. The first-order valence-electron chi connectivity index (χ1n) is 7.99. The number of nitrogens with zero attached hydrogens (tertiary/aromatic N) is 1. The molecular formula is C16H32N2O. The third-order valence-electron chi connectivity index (χ3n) is 4.19. The van der Waals surface area contributed by atoms with Gasteiger partial charge in [0.1, 0.15) is 0 Å². The normalized spacial score (nSPS) is 21.3. The molecule has 0 radical (unpaired) electrons. The third kappa shape index (κ3) is 5.94. The summed E-state index contributed by atoms with van der Waals surface area (Å²) in [6.07, 6.45) is 6.37. The minimum absolute atomic E-state index is 0.321. The lowest BCUT2D eigenvalue weighted by Gasteiger charge is -2.28. The van der Waals surface area contributed by atoms with Crippen molar-refractivity contribution in [3.8, 4) is 0 Å². The summed E-state index contributed by atoms with van der Waals surface area (Å²) in [6, 6.07) is 0.468. The molecule has 1 heterocycles. The highest BCUT2D eigenvalue weighted by Crippen LogP contribution is 2.30. The quantitative estimate of drug-likeness (QED) is 0.769. The smallest absolute Gasteiger partial charge is 0.222 e. The van der Waals surface area contributed by atoms with Gasteiger partial charge in [-0.25, -0.2) is 0 Å². The Kier molecular flexibility index (Phi) is 6.84. The highest BCUT2D eigenvalue weighted by molar-refractivity contribution is 5.76. The molecule has 3 nitrogen and oxygen atoms in total. The van der Waals surface area contributed by atoms with Gasteiger partial charge in [0.05, 0.1) is 0 Å². The maximum Gasteiger partial charge on any atom is 0.222 e. The fraction of sp³-hybridized carbons (Fsp3) is 0.938.